The molecule has 1 N–H and O–H groups in total. The number of thiazole rings is 1. The lowest BCUT2D eigenvalue weighted by Gasteiger charge is -2.17. The Kier molecular flexibility index (Phi) is 5.00. The van der Waals surface area contributed by atoms with Crippen LogP contribution in [-0.2, 0) is 26.8 Å². The predicted octanol–water partition coefficient (Wildman–Crippen LogP) is 2.53. The molecular formula is C16H20N2O4S2. The molecule has 0 saturated heterocycles. The van der Waals surface area contributed by atoms with Gasteiger partial charge in [-0.2, -0.15) is 8.42 Å². The van der Waals surface area contributed by atoms with Gasteiger partial charge in [-0.1, -0.05) is 39.0 Å². The van der Waals surface area contributed by atoms with E-state index in [0.29, 0.717) is 0 Å². The van der Waals surface area contributed by atoms with Crippen molar-refractivity contribution < 1.29 is 18.3 Å². The van der Waals surface area contributed by atoms with E-state index in [0.717, 1.165) is 10.6 Å². The number of hydrogen-bond acceptors (Lipinski definition) is 4. The Morgan fingerprint density at radius 2 is 1.83 bits per heavy atom. The van der Waals surface area contributed by atoms with E-state index < -0.39 is 16.0 Å². The number of benzene rings is 1. The smallest absolute Gasteiger partial charge is 0.323 e. The molecule has 0 aliphatic carbocycles. The third-order valence-corrected chi connectivity index (χ3v) is 6.37. The molecule has 0 fully saturated rings. The molecular weight excluding hydrogens is 348 g/mol. The van der Waals surface area contributed by atoms with Gasteiger partial charge in [0, 0.05) is 10.6 Å². The summed E-state index contributed by atoms with van der Waals surface area (Å²) < 4.78 is 30.3. The fraction of sp³-hybridized carbons (Fsp3) is 0.375. The van der Waals surface area contributed by atoms with Gasteiger partial charge in [-0.25, -0.2) is 0 Å². The van der Waals surface area contributed by atoms with Crippen molar-refractivity contribution >= 4 is 27.3 Å². The van der Waals surface area contributed by atoms with E-state index in [9.17, 15) is 13.2 Å². The molecule has 2 aromatic rings. The summed E-state index contributed by atoms with van der Waals surface area (Å²) in [5.41, 5.74) is 0.483. The number of sulfonamides is 1. The van der Waals surface area contributed by atoms with Crippen molar-refractivity contribution in [2.75, 3.05) is 0 Å². The number of aromatic nitrogens is 1. The van der Waals surface area contributed by atoms with Crippen molar-refractivity contribution in [3.05, 3.63) is 45.7 Å². The highest BCUT2D eigenvalue weighted by atomic mass is 32.2. The van der Waals surface area contributed by atoms with Gasteiger partial charge in [0.15, 0.2) is 0 Å². The van der Waals surface area contributed by atoms with Gasteiger partial charge in [0.1, 0.15) is 6.54 Å². The van der Waals surface area contributed by atoms with Crippen molar-refractivity contribution in [2.24, 2.45) is 4.40 Å². The molecule has 1 aromatic heterocycles. The molecule has 0 amide bonds. The maximum atomic E-state index is 12.5. The molecule has 0 spiro atoms. The fourth-order valence-electron chi connectivity index (χ4n) is 2.32. The second-order valence-electron chi connectivity index (χ2n) is 6.41. The molecule has 0 unspecified atom stereocenters. The minimum Gasteiger partial charge on any atom is -0.480 e. The molecule has 1 heterocycles. The molecule has 0 saturated carbocycles. The average molecular weight is 368 g/mol. The second kappa shape index (κ2) is 6.52. The van der Waals surface area contributed by atoms with Gasteiger partial charge in [0.05, 0.1) is 4.90 Å². The average Bonchev–Trinajstić information content (AvgIpc) is 2.76. The molecule has 1 aromatic carbocycles. The number of hydrogen-bond donors (Lipinski definition) is 1. The van der Waals surface area contributed by atoms with Gasteiger partial charge in [0.25, 0.3) is 10.0 Å². The molecule has 2 rings (SSSR count). The summed E-state index contributed by atoms with van der Waals surface area (Å²) in [5.74, 6) is -1.05. The van der Waals surface area contributed by atoms with Crippen molar-refractivity contribution in [3.8, 4) is 0 Å². The van der Waals surface area contributed by atoms with Gasteiger partial charge >= 0.3 is 5.97 Å². The molecule has 130 valence electrons. The van der Waals surface area contributed by atoms with Crippen LogP contribution in [0.2, 0.25) is 0 Å². The number of aliphatic carboxylic acids is 1. The Hall–Kier alpha value is -1.93. The van der Waals surface area contributed by atoms with Gasteiger partial charge < -0.3 is 9.67 Å². The maximum Gasteiger partial charge on any atom is 0.323 e. The van der Waals surface area contributed by atoms with E-state index in [1.54, 1.807) is 25.1 Å². The topological polar surface area (TPSA) is 88.7 Å². The lowest BCUT2D eigenvalue weighted by Crippen LogP contribution is -2.23. The van der Waals surface area contributed by atoms with Crippen molar-refractivity contribution in [3.63, 3.8) is 0 Å². The van der Waals surface area contributed by atoms with Crippen LogP contribution in [0.1, 0.15) is 31.3 Å². The van der Waals surface area contributed by atoms with Crippen LogP contribution in [0.3, 0.4) is 0 Å². The van der Waals surface area contributed by atoms with E-state index in [4.69, 9.17) is 5.11 Å². The van der Waals surface area contributed by atoms with Crippen LogP contribution >= 0.6 is 11.3 Å². The van der Waals surface area contributed by atoms with Crippen molar-refractivity contribution in [1.29, 1.82) is 0 Å². The molecule has 0 aliphatic heterocycles. The monoisotopic (exact) mass is 368 g/mol. The summed E-state index contributed by atoms with van der Waals surface area (Å²) in [6.07, 6.45) is 0. The highest BCUT2D eigenvalue weighted by Gasteiger charge is 2.24. The van der Waals surface area contributed by atoms with E-state index in [1.807, 2.05) is 20.8 Å². The summed E-state index contributed by atoms with van der Waals surface area (Å²) in [5, 5.41) is 9.14. The highest BCUT2D eigenvalue weighted by molar-refractivity contribution is 7.90. The Labute approximate surface area is 145 Å². The van der Waals surface area contributed by atoms with E-state index in [-0.39, 0.29) is 21.7 Å². The van der Waals surface area contributed by atoms with Crippen LogP contribution in [0.4, 0.5) is 0 Å². The lowest BCUT2D eigenvalue weighted by atomic mass is 9.93. The summed E-state index contributed by atoms with van der Waals surface area (Å²) in [6.45, 7) is 7.43. The van der Waals surface area contributed by atoms with Crippen LogP contribution in [0.25, 0.3) is 0 Å². The van der Waals surface area contributed by atoms with E-state index in [1.165, 1.54) is 28.0 Å². The highest BCUT2D eigenvalue weighted by Crippen LogP contribution is 2.28. The maximum absolute atomic E-state index is 12.5. The zero-order valence-corrected chi connectivity index (χ0v) is 15.6. The zero-order valence-electron chi connectivity index (χ0n) is 14.0. The first-order valence-electron chi connectivity index (χ1n) is 7.31. The minimum absolute atomic E-state index is 0.0789. The summed E-state index contributed by atoms with van der Waals surface area (Å²) in [4.78, 5) is 12.3. The lowest BCUT2D eigenvalue weighted by molar-refractivity contribution is -0.137. The van der Waals surface area contributed by atoms with Crippen molar-refractivity contribution in [2.45, 2.75) is 44.6 Å². The largest absolute Gasteiger partial charge is 0.480 e. The third-order valence-electron chi connectivity index (χ3n) is 3.37. The third kappa shape index (κ3) is 3.93. The number of carboxylic acid groups (broad SMARTS) is 1. The zero-order chi connectivity index (χ0) is 18.1. The number of carbonyl (C=O) groups is 1. The number of nitrogens with zero attached hydrogens (tertiary/aromatic N) is 2. The van der Waals surface area contributed by atoms with Gasteiger partial charge in [0.2, 0.25) is 4.80 Å². The Morgan fingerprint density at radius 1 is 1.25 bits per heavy atom. The quantitative estimate of drug-likeness (QED) is 0.898. The molecule has 6 nitrogen and oxygen atoms in total. The molecule has 0 radical (unpaired) electrons. The Morgan fingerprint density at radius 3 is 2.33 bits per heavy atom. The SMILES string of the molecule is Cc1c(C(C)(C)C)s/c(=N\S(=O)(=O)c2ccccc2)n1CC(=O)O. The first-order valence-corrected chi connectivity index (χ1v) is 9.56. The first-order chi connectivity index (χ1) is 11.0. The fourth-order valence-corrected chi connectivity index (χ4v) is 4.73. The van der Waals surface area contributed by atoms with Gasteiger partial charge in [-0.05, 0) is 24.5 Å². The van der Waals surface area contributed by atoms with Gasteiger partial charge in [-0.15, -0.1) is 15.7 Å². The Balaban J connectivity index is 2.71. The summed E-state index contributed by atoms with van der Waals surface area (Å²) in [6, 6.07) is 7.88. The number of carboxylic acids is 1. The van der Waals surface area contributed by atoms with Crippen LogP contribution in [-0.4, -0.2) is 24.1 Å². The Bertz CT molecular complexity index is 917. The normalized spacial score (nSPS) is 13.2. The van der Waals surface area contributed by atoms with Gasteiger partial charge in [-0.3, -0.25) is 4.79 Å². The first kappa shape index (κ1) is 18.4. The van der Waals surface area contributed by atoms with Crippen LogP contribution in [0.5, 0.6) is 0 Å². The van der Waals surface area contributed by atoms with Crippen LogP contribution in [0, 0.1) is 6.92 Å². The standard InChI is InChI=1S/C16H20N2O4S2/c1-11-14(16(2,3)4)23-15(18(11)10-13(19)20)17-24(21,22)12-8-6-5-7-9-12/h5-9H,10H2,1-4H3,(H,19,20)/b17-15-. The molecule has 24 heavy (non-hydrogen) atoms. The summed E-state index contributed by atoms with van der Waals surface area (Å²) >= 11 is 1.21. The molecule has 0 atom stereocenters. The predicted molar refractivity (Wildman–Crippen MR) is 92.6 cm³/mol. The second-order valence-corrected chi connectivity index (χ2v) is 8.99. The van der Waals surface area contributed by atoms with Crippen LogP contribution < -0.4 is 4.80 Å². The van der Waals surface area contributed by atoms with Crippen molar-refractivity contribution in [1.82, 2.24) is 4.57 Å². The molecule has 8 heteroatoms. The minimum atomic E-state index is -3.90. The van der Waals surface area contributed by atoms with E-state index in [2.05, 4.69) is 4.40 Å². The molecule has 0 aliphatic rings. The number of rotatable bonds is 4. The van der Waals surface area contributed by atoms with E-state index >= 15 is 0 Å². The van der Waals surface area contributed by atoms with Crippen LogP contribution in [0.15, 0.2) is 39.6 Å². The summed E-state index contributed by atoms with van der Waals surface area (Å²) in [7, 11) is -3.90. The molecule has 0 bridgehead atoms.